The molecule has 0 heterocycles. The van der Waals surface area contributed by atoms with E-state index in [0.717, 1.165) is 0 Å². The fraction of sp³-hybridized carbons (Fsp3) is 0.500. The van der Waals surface area contributed by atoms with Crippen LogP contribution in [0.4, 0.5) is 0 Å². The van der Waals surface area contributed by atoms with E-state index < -0.39 is 17.1 Å². The van der Waals surface area contributed by atoms with Gasteiger partial charge < -0.3 is 0 Å². The summed E-state index contributed by atoms with van der Waals surface area (Å²) in [5.41, 5.74) is 3.39. The molecule has 0 aromatic carbocycles. The van der Waals surface area contributed by atoms with E-state index in [4.69, 9.17) is 0 Å². The van der Waals surface area contributed by atoms with Gasteiger partial charge in [0.05, 0.1) is 0 Å². The maximum absolute atomic E-state index is 2.40. The van der Waals surface area contributed by atoms with E-state index in [-0.39, 0.29) is 0 Å². The molecule has 17 heavy (non-hydrogen) atoms. The summed E-state index contributed by atoms with van der Waals surface area (Å²) in [6.45, 7) is 4.59. The Morgan fingerprint density at radius 3 is 1.76 bits per heavy atom. The third kappa shape index (κ3) is 3.29. The van der Waals surface area contributed by atoms with E-state index in [0.29, 0.717) is 0 Å². The van der Waals surface area contributed by atoms with Crippen LogP contribution in [0.2, 0.25) is 0 Å². The molecule has 0 radical (unpaired) electrons. The van der Waals surface area contributed by atoms with Crippen molar-refractivity contribution in [1.29, 1.82) is 0 Å². The summed E-state index contributed by atoms with van der Waals surface area (Å²) in [7, 11) is 0. The summed E-state index contributed by atoms with van der Waals surface area (Å²) in [6, 6.07) is 0. The van der Waals surface area contributed by atoms with Gasteiger partial charge in [-0.15, -0.1) is 0 Å². The second-order valence-corrected chi connectivity index (χ2v) is 9.47. The Balaban J connectivity index is 2.06. The molecular weight excluding hydrogens is 258 g/mol. The summed E-state index contributed by atoms with van der Waals surface area (Å²) >= 11 is -0.614. The van der Waals surface area contributed by atoms with E-state index in [1.54, 1.807) is 11.1 Å². The summed E-state index contributed by atoms with van der Waals surface area (Å²) in [4.78, 5) is 0. The minimum atomic E-state index is -0.614. The molecule has 0 saturated heterocycles. The Labute approximate surface area is 113 Å². The van der Waals surface area contributed by atoms with E-state index >= 15 is 0 Å². The molecular formula is C16H22Zn. The molecule has 2 aliphatic rings. The van der Waals surface area contributed by atoms with Gasteiger partial charge >= 0.3 is 113 Å². The summed E-state index contributed by atoms with van der Waals surface area (Å²) in [5, 5.41) is 0. The van der Waals surface area contributed by atoms with Gasteiger partial charge in [-0.1, -0.05) is 0 Å². The Morgan fingerprint density at radius 1 is 0.882 bits per heavy atom. The number of allylic oxidation sites excluding steroid dienone is 8. The normalized spacial score (nSPS) is 18.5. The molecule has 0 unspecified atom stereocenters. The zero-order valence-electron chi connectivity index (χ0n) is 11.3. The summed E-state index contributed by atoms with van der Waals surface area (Å²) in [5.74, 6) is 0. The van der Waals surface area contributed by atoms with Crippen LogP contribution in [-0.2, 0) is 17.1 Å². The van der Waals surface area contributed by atoms with Gasteiger partial charge in [-0.3, -0.25) is 0 Å². The van der Waals surface area contributed by atoms with Gasteiger partial charge in [0, 0.05) is 0 Å². The van der Waals surface area contributed by atoms with Crippen LogP contribution in [0.25, 0.3) is 0 Å². The topological polar surface area (TPSA) is 0 Å². The van der Waals surface area contributed by atoms with Gasteiger partial charge in [0.15, 0.2) is 0 Å². The maximum atomic E-state index is 2.40. The first kappa shape index (κ1) is 13.0. The first-order valence-corrected chi connectivity index (χ1v) is 10.1. The van der Waals surface area contributed by atoms with Gasteiger partial charge in [-0.2, -0.15) is 0 Å². The quantitative estimate of drug-likeness (QED) is 0.594. The van der Waals surface area contributed by atoms with Gasteiger partial charge in [0.2, 0.25) is 0 Å². The van der Waals surface area contributed by atoms with Crippen molar-refractivity contribution < 1.29 is 17.1 Å². The molecule has 0 amide bonds. The Bertz CT molecular complexity index is 356. The zero-order valence-corrected chi connectivity index (χ0v) is 14.2. The Morgan fingerprint density at radius 2 is 1.35 bits per heavy atom. The minimum absolute atomic E-state index is 0.614. The number of rotatable bonds is 6. The third-order valence-electron chi connectivity index (χ3n) is 3.74. The molecule has 0 aromatic heterocycles. The zero-order chi connectivity index (χ0) is 12.1. The van der Waals surface area contributed by atoms with E-state index in [9.17, 15) is 0 Å². The Kier molecular flexibility index (Phi) is 4.98. The Hall–Kier alpha value is -0.417. The van der Waals surface area contributed by atoms with Crippen LogP contribution in [0.15, 0.2) is 43.8 Å². The number of hydrogen-bond acceptors (Lipinski definition) is 0. The van der Waals surface area contributed by atoms with Gasteiger partial charge in [0.25, 0.3) is 0 Å². The molecule has 0 saturated carbocycles. The standard InChI is InChI=1S/2C8H11.Zn/c2*1-2-5-8-6-3-4-7-8;/h2*3,6H,2,4-5H2,1H3;. The van der Waals surface area contributed by atoms with Crippen LogP contribution in [0, 0.1) is 0 Å². The average Bonchev–Trinajstić information content (AvgIpc) is 2.92. The van der Waals surface area contributed by atoms with Crippen LogP contribution in [0.1, 0.15) is 52.4 Å². The van der Waals surface area contributed by atoms with Gasteiger partial charge in [0.1, 0.15) is 0 Å². The summed E-state index contributed by atoms with van der Waals surface area (Å²) in [6.07, 6.45) is 17.3. The first-order valence-electron chi connectivity index (χ1n) is 7.10. The predicted octanol–water partition coefficient (Wildman–Crippen LogP) is 5.10. The fourth-order valence-corrected chi connectivity index (χ4v) is 7.45. The van der Waals surface area contributed by atoms with E-state index in [2.05, 4.69) is 38.2 Å². The SMILES string of the molecule is CCCC1=[C]([Zn][C]2=C(CCC)C=CC2)CC=C1. The van der Waals surface area contributed by atoms with Crippen LogP contribution >= 0.6 is 0 Å². The molecule has 0 aliphatic heterocycles. The molecule has 0 fully saturated rings. The van der Waals surface area contributed by atoms with Gasteiger partial charge in [-0.05, 0) is 0 Å². The molecule has 2 aliphatic carbocycles. The first-order chi connectivity index (χ1) is 8.35. The predicted molar refractivity (Wildman–Crippen MR) is 71.4 cm³/mol. The average molecular weight is 280 g/mol. The molecule has 1 heteroatoms. The molecule has 0 atom stereocenters. The van der Waals surface area contributed by atoms with Crippen molar-refractivity contribution in [2.24, 2.45) is 0 Å². The van der Waals surface area contributed by atoms with Crippen LogP contribution in [0.5, 0.6) is 0 Å². The second kappa shape index (κ2) is 6.50. The molecule has 0 nitrogen and oxygen atoms in total. The molecule has 0 aromatic rings. The van der Waals surface area contributed by atoms with Crippen molar-refractivity contribution in [2.75, 3.05) is 0 Å². The van der Waals surface area contributed by atoms with Gasteiger partial charge in [-0.25, -0.2) is 0 Å². The third-order valence-corrected chi connectivity index (χ3v) is 8.65. The monoisotopic (exact) mass is 278 g/mol. The van der Waals surface area contributed by atoms with Crippen LogP contribution in [0.3, 0.4) is 0 Å². The van der Waals surface area contributed by atoms with Crippen molar-refractivity contribution in [3.8, 4) is 0 Å². The fourth-order valence-electron chi connectivity index (χ4n) is 2.87. The van der Waals surface area contributed by atoms with E-state index in [1.165, 1.54) is 38.5 Å². The van der Waals surface area contributed by atoms with Crippen molar-refractivity contribution in [2.45, 2.75) is 52.4 Å². The molecule has 0 spiro atoms. The number of hydrogen-bond donors (Lipinski definition) is 0. The van der Waals surface area contributed by atoms with Crippen molar-refractivity contribution in [3.63, 3.8) is 0 Å². The van der Waals surface area contributed by atoms with Crippen molar-refractivity contribution in [1.82, 2.24) is 0 Å². The second-order valence-electron chi connectivity index (χ2n) is 5.15. The van der Waals surface area contributed by atoms with E-state index in [1.807, 2.05) is 8.33 Å². The van der Waals surface area contributed by atoms with Crippen LogP contribution < -0.4 is 0 Å². The molecule has 88 valence electrons. The molecule has 2 rings (SSSR count). The van der Waals surface area contributed by atoms with Crippen molar-refractivity contribution in [3.05, 3.63) is 43.8 Å². The molecule has 0 bridgehead atoms. The molecule has 0 N–H and O–H groups in total. The van der Waals surface area contributed by atoms with Crippen molar-refractivity contribution >= 4 is 0 Å². The van der Waals surface area contributed by atoms with Crippen LogP contribution in [-0.4, -0.2) is 0 Å². The summed E-state index contributed by atoms with van der Waals surface area (Å²) < 4.78 is 3.73.